The molecule has 0 heterocycles. The molecule has 2 nitrogen and oxygen atoms in total. The molecule has 1 N–H and O–H groups in total. The first-order valence-corrected chi connectivity index (χ1v) is 7.04. The predicted molar refractivity (Wildman–Crippen MR) is 80.0 cm³/mol. The van der Waals surface area contributed by atoms with E-state index in [1.165, 1.54) is 17.5 Å². The fraction of sp³-hybridized carbons (Fsp3) is 0.625. The zero-order valence-electron chi connectivity index (χ0n) is 12.5. The van der Waals surface area contributed by atoms with Crippen LogP contribution in [0.5, 0.6) is 0 Å². The van der Waals surface area contributed by atoms with Crippen molar-refractivity contribution in [2.45, 2.75) is 46.2 Å². The number of hydrogen-bond donors (Lipinski definition) is 1. The molecule has 1 atom stereocenters. The van der Waals surface area contributed by atoms with Crippen LogP contribution < -0.4 is 5.32 Å². The minimum absolute atomic E-state index is 0.428. The molecule has 0 amide bonds. The van der Waals surface area contributed by atoms with E-state index in [9.17, 15) is 0 Å². The van der Waals surface area contributed by atoms with Gasteiger partial charge >= 0.3 is 0 Å². The van der Waals surface area contributed by atoms with E-state index in [4.69, 9.17) is 0 Å². The summed E-state index contributed by atoms with van der Waals surface area (Å²) in [5, 5.41) is 3.66. The zero-order chi connectivity index (χ0) is 13.5. The quantitative estimate of drug-likeness (QED) is 0.796. The lowest BCUT2D eigenvalue weighted by atomic mass is 10.0. The Balaban J connectivity index is 2.77. The summed E-state index contributed by atoms with van der Waals surface area (Å²) in [6, 6.07) is 9.85. The van der Waals surface area contributed by atoms with Crippen LogP contribution in [-0.4, -0.2) is 31.1 Å². The standard InChI is InChI=1S/C16H28N2/c1-6-10-17-16(12-18(5)13(2)3)15-9-7-8-14(4)11-15/h7-9,11,13,16-17H,6,10,12H2,1-5H3. The van der Waals surface area contributed by atoms with Crippen molar-refractivity contribution in [1.82, 2.24) is 10.2 Å². The van der Waals surface area contributed by atoms with Crippen LogP contribution in [0, 0.1) is 6.92 Å². The van der Waals surface area contributed by atoms with Crippen molar-refractivity contribution in [1.29, 1.82) is 0 Å². The van der Waals surface area contributed by atoms with Crippen molar-refractivity contribution < 1.29 is 0 Å². The van der Waals surface area contributed by atoms with Crippen LogP contribution in [0.2, 0.25) is 0 Å². The molecule has 0 aliphatic carbocycles. The summed E-state index contributed by atoms with van der Waals surface area (Å²) in [5.41, 5.74) is 2.74. The summed E-state index contributed by atoms with van der Waals surface area (Å²) < 4.78 is 0. The van der Waals surface area contributed by atoms with Gasteiger partial charge in [0.1, 0.15) is 0 Å². The highest BCUT2D eigenvalue weighted by Gasteiger charge is 2.14. The van der Waals surface area contributed by atoms with Crippen molar-refractivity contribution in [2.75, 3.05) is 20.1 Å². The Kier molecular flexibility index (Phi) is 6.37. The molecule has 1 aromatic carbocycles. The smallest absolute Gasteiger partial charge is 0.0449 e. The minimum atomic E-state index is 0.428. The van der Waals surface area contributed by atoms with E-state index in [0.29, 0.717) is 12.1 Å². The molecular weight excluding hydrogens is 220 g/mol. The molecule has 2 heteroatoms. The highest BCUT2D eigenvalue weighted by molar-refractivity contribution is 5.25. The molecular formula is C16H28N2. The van der Waals surface area contributed by atoms with E-state index < -0.39 is 0 Å². The van der Waals surface area contributed by atoms with Gasteiger partial charge in [0.05, 0.1) is 0 Å². The number of benzene rings is 1. The molecule has 0 saturated carbocycles. The first-order valence-electron chi connectivity index (χ1n) is 7.04. The van der Waals surface area contributed by atoms with Crippen molar-refractivity contribution in [3.8, 4) is 0 Å². The molecule has 0 fully saturated rings. The normalized spacial score (nSPS) is 13.3. The van der Waals surface area contributed by atoms with E-state index >= 15 is 0 Å². The van der Waals surface area contributed by atoms with Gasteiger partial charge < -0.3 is 10.2 Å². The van der Waals surface area contributed by atoms with E-state index in [2.05, 4.69) is 69.2 Å². The molecule has 0 radical (unpaired) electrons. The number of hydrogen-bond acceptors (Lipinski definition) is 2. The first-order chi connectivity index (χ1) is 8.54. The van der Waals surface area contributed by atoms with Gasteiger partial charge in [0, 0.05) is 18.6 Å². The summed E-state index contributed by atoms with van der Waals surface area (Å²) in [7, 11) is 2.20. The summed E-state index contributed by atoms with van der Waals surface area (Å²) in [5.74, 6) is 0. The summed E-state index contributed by atoms with van der Waals surface area (Å²) >= 11 is 0. The molecule has 0 saturated heterocycles. The number of nitrogens with zero attached hydrogens (tertiary/aromatic N) is 1. The molecule has 1 unspecified atom stereocenters. The minimum Gasteiger partial charge on any atom is -0.309 e. The summed E-state index contributed by atoms with van der Waals surface area (Å²) in [6.45, 7) is 11.0. The van der Waals surface area contributed by atoms with Crippen LogP contribution in [-0.2, 0) is 0 Å². The number of nitrogens with one attached hydrogen (secondary N) is 1. The molecule has 18 heavy (non-hydrogen) atoms. The Bertz CT molecular complexity index is 347. The zero-order valence-corrected chi connectivity index (χ0v) is 12.5. The Morgan fingerprint density at radius 2 is 2.00 bits per heavy atom. The second-order valence-corrected chi connectivity index (χ2v) is 5.45. The molecule has 1 rings (SSSR count). The van der Waals surface area contributed by atoms with Crippen LogP contribution in [0.4, 0.5) is 0 Å². The molecule has 0 aliphatic rings. The molecule has 0 spiro atoms. The number of rotatable bonds is 7. The van der Waals surface area contributed by atoms with Crippen LogP contribution >= 0.6 is 0 Å². The second-order valence-electron chi connectivity index (χ2n) is 5.45. The lowest BCUT2D eigenvalue weighted by molar-refractivity contribution is 0.242. The van der Waals surface area contributed by atoms with E-state index in [1.807, 2.05) is 0 Å². The Morgan fingerprint density at radius 1 is 1.28 bits per heavy atom. The molecule has 1 aromatic rings. The maximum Gasteiger partial charge on any atom is 0.0449 e. The highest BCUT2D eigenvalue weighted by Crippen LogP contribution is 2.16. The van der Waals surface area contributed by atoms with E-state index in [1.54, 1.807) is 0 Å². The van der Waals surface area contributed by atoms with Gasteiger partial charge in [0.25, 0.3) is 0 Å². The lowest BCUT2D eigenvalue weighted by Crippen LogP contribution is -2.36. The lowest BCUT2D eigenvalue weighted by Gasteiger charge is -2.28. The van der Waals surface area contributed by atoms with Crippen molar-refractivity contribution in [3.63, 3.8) is 0 Å². The fourth-order valence-electron chi connectivity index (χ4n) is 1.99. The Hall–Kier alpha value is -0.860. The molecule has 0 aromatic heterocycles. The van der Waals surface area contributed by atoms with Crippen molar-refractivity contribution in [3.05, 3.63) is 35.4 Å². The van der Waals surface area contributed by atoms with E-state index in [0.717, 1.165) is 13.1 Å². The van der Waals surface area contributed by atoms with Gasteiger partial charge in [-0.1, -0.05) is 36.8 Å². The van der Waals surface area contributed by atoms with Gasteiger partial charge in [0.2, 0.25) is 0 Å². The van der Waals surface area contributed by atoms with Gasteiger partial charge in [-0.15, -0.1) is 0 Å². The maximum atomic E-state index is 3.66. The summed E-state index contributed by atoms with van der Waals surface area (Å²) in [4.78, 5) is 2.40. The molecule has 102 valence electrons. The topological polar surface area (TPSA) is 15.3 Å². The predicted octanol–water partition coefficient (Wildman–Crippen LogP) is 3.38. The van der Waals surface area contributed by atoms with Crippen molar-refractivity contribution in [2.24, 2.45) is 0 Å². The fourth-order valence-corrected chi connectivity index (χ4v) is 1.99. The highest BCUT2D eigenvalue weighted by atomic mass is 15.1. The molecule has 0 bridgehead atoms. The van der Waals surface area contributed by atoms with Crippen molar-refractivity contribution >= 4 is 0 Å². The maximum absolute atomic E-state index is 3.66. The monoisotopic (exact) mass is 248 g/mol. The Labute approximate surface area is 112 Å². The van der Waals surface area contributed by atoms with Gasteiger partial charge in [-0.25, -0.2) is 0 Å². The third-order valence-corrected chi connectivity index (χ3v) is 3.44. The number of aryl methyl sites for hydroxylation is 1. The summed E-state index contributed by atoms with van der Waals surface area (Å²) in [6.07, 6.45) is 1.17. The average molecular weight is 248 g/mol. The number of likely N-dealkylation sites (N-methyl/N-ethyl adjacent to an activating group) is 1. The Morgan fingerprint density at radius 3 is 2.56 bits per heavy atom. The van der Waals surface area contributed by atoms with Gasteiger partial charge in [-0.3, -0.25) is 0 Å². The van der Waals surface area contributed by atoms with Crippen LogP contribution in [0.3, 0.4) is 0 Å². The van der Waals surface area contributed by atoms with Gasteiger partial charge in [-0.05, 0) is 46.3 Å². The molecule has 0 aliphatic heterocycles. The van der Waals surface area contributed by atoms with Gasteiger partial charge in [0.15, 0.2) is 0 Å². The first kappa shape index (κ1) is 15.2. The van der Waals surface area contributed by atoms with Crippen LogP contribution in [0.25, 0.3) is 0 Å². The van der Waals surface area contributed by atoms with E-state index in [-0.39, 0.29) is 0 Å². The second kappa shape index (κ2) is 7.55. The van der Waals surface area contributed by atoms with Gasteiger partial charge in [-0.2, -0.15) is 0 Å². The largest absolute Gasteiger partial charge is 0.309 e. The van der Waals surface area contributed by atoms with Crippen LogP contribution in [0.15, 0.2) is 24.3 Å². The SMILES string of the molecule is CCCNC(CN(C)C(C)C)c1cccc(C)c1. The average Bonchev–Trinajstić information content (AvgIpc) is 2.34. The third kappa shape index (κ3) is 4.79. The third-order valence-electron chi connectivity index (χ3n) is 3.44. The van der Waals surface area contributed by atoms with Crippen LogP contribution in [0.1, 0.15) is 44.4 Å².